The van der Waals surface area contributed by atoms with Crippen LogP contribution < -0.4 is 0 Å². The van der Waals surface area contributed by atoms with Gasteiger partial charge in [0.05, 0.1) is 10.0 Å². The molecule has 0 bridgehead atoms. The van der Waals surface area contributed by atoms with E-state index in [2.05, 4.69) is 15.9 Å². The number of furan rings is 1. The van der Waals surface area contributed by atoms with E-state index in [-0.39, 0.29) is 5.78 Å². The van der Waals surface area contributed by atoms with Crippen molar-refractivity contribution in [3.05, 3.63) is 44.5 Å². The Hall–Kier alpha value is -0.770. The van der Waals surface area contributed by atoms with Crippen molar-refractivity contribution in [3.63, 3.8) is 0 Å². The van der Waals surface area contributed by atoms with E-state index in [1.807, 2.05) is 0 Å². The van der Waals surface area contributed by atoms with Gasteiger partial charge in [0.1, 0.15) is 5.76 Å². The molecule has 0 saturated carbocycles. The van der Waals surface area contributed by atoms with Gasteiger partial charge in [-0.05, 0) is 40.2 Å². The van der Waals surface area contributed by atoms with Crippen molar-refractivity contribution in [3.8, 4) is 11.3 Å². The summed E-state index contributed by atoms with van der Waals surface area (Å²) >= 11 is 15.4. The van der Waals surface area contributed by atoms with Crippen molar-refractivity contribution >= 4 is 44.9 Å². The van der Waals surface area contributed by atoms with Gasteiger partial charge in [-0.15, -0.1) is 0 Å². The molecule has 0 atom stereocenters. The van der Waals surface area contributed by atoms with Crippen LogP contribution in [-0.4, -0.2) is 5.78 Å². The summed E-state index contributed by atoms with van der Waals surface area (Å²) in [6.07, 6.45) is 0. The van der Waals surface area contributed by atoms with Crippen molar-refractivity contribution in [2.45, 2.75) is 6.92 Å². The van der Waals surface area contributed by atoms with E-state index in [0.29, 0.717) is 31.6 Å². The van der Waals surface area contributed by atoms with Gasteiger partial charge >= 0.3 is 0 Å². The molecule has 17 heavy (non-hydrogen) atoms. The van der Waals surface area contributed by atoms with E-state index in [9.17, 15) is 4.79 Å². The van der Waals surface area contributed by atoms with Gasteiger partial charge in [0.15, 0.2) is 11.5 Å². The van der Waals surface area contributed by atoms with Crippen LogP contribution in [-0.2, 0) is 0 Å². The van der Waals surface area contributed by atoms with Crippen LogP contribution in [0, 0.1) is 0 Å². The number of rotatable bonds is 2. The Morgan fingerprint density at radius 3 is 2.47 bits per heavy atom. The van der Waals surface area contributed by atoms with Gasteiger partial charge in [-0.1, -0.05) is 23.2 Å². The number of carbonyl (C=O) groups excluding carboxylic acids is 1. The fraction of sp³-hybridized carbons (Fsp3) is 0.0833. The lowest BCUT2D eigenvalue weighted by atomic mass is 10.2. The standard InChI is InChI=1S/C12H7BrCl2O2/c1-6(16)9-4-5-10(17-9)7-2-3-8(13)12(15)11(7)14/h2-5H,1H3. The Labute approximate surface area is 117 Å². The van der Waals surface area contributed by atoms with Gasteiger partial charge in [-0.3, -0.25) is 4.79 Å². The minimum atomic E-state index is -0.129. The third-order valence-corrected chi connectivity index (χ3v) is 4.02. The molecular weight excluding hydrogens is 327 g/mol. The summed E-state index contributed by atoms with van der Waals surface area (Å²) in [6, 6.07) is 6.87. The quantitative estimate of drug-likeness (QED) is 0.557. The molecule has 0 spiro atoms. The molecule has 2 nitrogen and oxygen atoms in total. The molecule has 0 saturated heterocycles. The fourth-order valence-electron chi connectivity index (χ4n) is 1.39. The van der Waals surface area contributed by atoms with Crippen LogP contribution in [0.5, 0.6) is 0 Å². The molecule has 1 aromatic carbocycles. The molecule has 0 unspecified atom stereocenters. The number of hydrogen-bond acceptors (Lipinski definition) is 2. The molecule has 1 heterocycles. The second-order valence-electron chi connectivity index (χ2n) is 3.44. The molecule has 0 fully saturated rings. The van der Waals surface area contributed by atoms with Crippen LogP contribution in [0.3, 0.4) is 0 Å². The highest BCUT2D eigenvalue weighted by Crippen LogP contribution is 2.38. The van der Waals surface area contributed by atoms with Crippen molar-refractivity contribution in [1.29, 1.82) is 0 Å². The maximum absolute atomic E-state index is 11.1. The molecule has 0 amide bonds. The highest BCUT2D eigenvalue weighted by Gasteiger charge is 2.14. The SMILES string of the molecule is CC(=O)c1ccc(-c2ccc(Br)c(Cl)c2Cl)o1. The molecule has 5 heteroatoms. The molecule has 2 aromatic rings. The topological polar surface area (TPSA) is 30.2 Å². The molecular formula is C12H7BrCl2O2. The van der Waals surface area contributed by atoms with E-state index >= 15 is 0 Å². The zero-order valence-corrected chi connectivity index (χ0v) is 11.9. The zero-order valence-electron chi connectivity index (χ0n) is 8.76. The van der Waals surface area contributed by atoms with Gasteiger partial charge in [0.25, 0.3) is 0 Å². The Balaban J connectivity index is 2.53. The van der Waals surface area contributed by atoms with Crippen LogP contribution in [0.15, 0.2) is 33.2 Å². The van der Waals surface area contributed by atoms with Crippen LogP contribution in [0.1, 0.15) is 17.5 Å². The van der Waals surface area contributed by atoms with Gasteiger partial charge in [-0.25, -0.2) is 0 Å². The average Bonchev–Trinajstić information content (AvgIpc) is 2.75. The van der Waals surface area contributed by atoms with E-state index in [1.165, 1.54) is 6.92 Å². The zero-order chi connectivity index (χ0) is 12.6. The summed E-state index contributed by atoms with van der Waals surface area (Å²) in [7, 11) is 0. The summed E-state index contributed by atoms with van der Waals surface area (Å²) in [4.78, 5) is 11.1. The van der Waals surface area contributed by atoms with Gasteiger partial charge in [0.2, 0.25) is 0 Å². The van der Waals surface area contributed by atoms with Gasteiger partial charge < -0.3 is 4.42 Å². The number of ketones is 1. The molecule has 0 radical (unpaired) electrons. The predicted octanol–water partition coefficient (Wildman–Crippen LogP) is 5.22. The maximum atomic E-state index is 11.1. The Bertz CT molecular complexity index is 590. The lowest BCUT2D eigenvalue weighted by Gasteiger charge is -2.04. The average molecular weight is 334 g/mol. The molecule has 2 rings (SSSR count). The Morgan fingerprint density at radius 2 is 1.88 bits per heavy atom. The van der Waals surface area contributed by atoms with Crippen LogP contribution in [0.25, 0.3) is 11.3 Å². The third kappa shape index (κ3) is 2.41. The van der Waals surface area contributed by atoms with Crippen molar-refractivity contribution in [2.24, 2.45) is 0 Å². The smallest absolute Gasteiger partial charge is 0.194 e. The van der Waals surface area contributed by atoms with E-state index < -0.39 is 0 Å². The van der Waals surface area contributed by atoms with Crippen molar-refractivity contribution in [2.75, 3.05) is 0 Å². The van der Waals surface area contributed by atoms with E-state index in [1.54, 1.807) is 24.3 Å². The molecule has 0 aliphatic rings. The lowest BCUT2D eigenvalue weighted by molar-refractivity contribution is 0.0988. The van der Waals surface area contributed by atoms with Crippen LogP contribution in [0.2, 0.25) is 10.0 Å². The maximum Gasteiger partial charge on any atom is 0.194 e. The summed E-state index contributed by atoms with van der Waals surface area (Å²) < 4.78 is 6.11. The second kappa shape index (κ2) is 4.84. The highest BCUT2D eigenvalue weighted by molar-refractivity contribution is 9.10. The summed E-state index contributed by atoms with van der Waals surface area (Å²) in [5.74, 6) is 0.695. The molecule has 0 N–H and O–H groups in total. The predicted molar refractivity (Wildman–Crippen MR) is 71.9 cm³/mol. The van der Waals surface area contributed by atoms with E-state index in [4.69, 9.17) is 27.6 Å². The second-order valence-corrected chi connectivity index (χ2v) is 5.05. The summed E-state index contributed by atoms with van der Waals surface area (Å²) in [6.45, 7) is 1.44. The molecule has 0 aliphatic carbocycles. The van der Waals surface area contributed by atoms with Gasteiger partial charge in [-0.2, -0.15) is 0 Å². The van der Waals surface area contributed by atoms with Crippen LogP contribution in [0.4, 0.5) is 0 Å². The first-order valence-corrected chi connectivity index (χ1v) is 6.30. The first-order valence-electron chi connectivity index (χ1n) is 4.75. The molecule has 1 aromatic heterocycles. The number of halogens is 3. The minimum absolute atomic E-state index is 0.129. The normalized spacial score (nSPS) is 10.6. The molecule has 88 valence electrons. The molecule has 0 aliphatic heterocycles. The van der Waals surface area contributed by atoms with Crippen molar-refractivity contribution in [1.82, 2.24) is 0 Å². The first kappa shape index (κ1) is 12.7. The Kier molecular flexibility index (Phi) is 3.61. The third-order valence-electron chi connectivity index (χ3n) is 2.25. The minimum Gasteiger partial charge on any atom is -0.453 e. The number of Topliss-reactive ketones (excluding diaryl/α,β-unsaturated/α-hetero) is 1. The first-order chi connectivity index (χ1) is 8.00. The fourth-order valence-corrected chi connectivity index (χ4v) is 2.26. The summed E-state index contributed by atoms with van der Waals surface area (Å²) in [5.41, 5.74) is 0.660. The number of hydrogen-bond donors (Lipinski definition) is 0. The lowest BCUT2D eigenvalue weighted by Crippen LogP contribution is -1.86. The number of benzene rings is 1. The Morgan fingerprint density at radius 1 is 1.18 bits per heavy atom. The van der Waals surface area contributed by atoms with Gasteiger partial charge in [0, 0.05) is 17.0 Å². The largest absolute Gasteiger partial charge is 0.453 e. The monoisotopic (exact) mass is 332 g/mol. The summed E-state index contributed by atoms with van der Waals surface area (Å²) in [5, 5.41) is 0.815. The van der Waals surface area contributed by atoms with Crippen molar-refractivity contribution < 1.29 is 9.21 Å². The number of carbonyl (C=O) groups is 1. The highest BCUT2D eigenvalue weighted by atomic mass is 79.9. The van der Waals surface area contributed by atoms with E-state index in [0.717, 1.165) is 0 Å². The van der Waals surface area contributed by atoms with Crippen LogP contribution >= 0.6 is 39.1 Å².